The van der Waals surface area contributed by atoms with Crippen molar-refractivity contribution in [3.8, 4) is 23.0 Å². The highest BCUT2D eigenvalue weighted by Crippen LogP contribution is 2.38. The highest BCUT2D eigenvalue weighted by atomic mass is 16.7. The van der Waals surface area contributed by atoms with Crippen molar-refractivity contribution in [1.29, 1.82) is 0 Å². The molecule has 0 amide bonds. The van der Waals surface area contributed by atoms with Crippen molar-refractivity contribution in [2.24, 2.45) is 0 Å². The third-order valence-electron chi connectivity index (χ3n) is 3.89. The molecule has 0 aliphatic rings. The van der Waals surface area contributed by atoms with Crippen molar-refractivity contribution in [2.45, 2.75) is 12.8 Å². The van der Waals surface area contributed by atoms with Crippen LogP contribution in [-0.2, 0) is 22.3 Å². The van der Waals surface area contributed by atoms with Crippen LogP contribution < -0.4 is 18.9 Å². The summed E-state index contributed by atoms with van der Waals surface area (Å²) < 4.78 is 32.4. The lowest BCUT2D eigenvalue weighted by Crippen LogP contribution is -2.07. The molecular weight excluding hydrogens is 336 g/mol. The average molecular weight is 362 g/mol. The lowest BCUT2D eigenvalue weighted by Gasteiger charge is -2.18. The molecule has 26 heavy (non-hydrogen) atoms. The van der Waals surface area contributed by atoms with E-state index in [4.69, 9.17) is 28.4 Å². The van der Waals surface area contributed by atoms with E-state index in [1.807, 2.05) is 36.4 Å². The summed E-state index contributed by atoms with van der Waals surface area (Å²) in [6.45, 7) is 0.339. The van der Waals surface area contributed by atoms with Crippen LogP contribution in [0.25, 0.3) is 0 Å². The Labute approximate surface area is 154 Å². The number of aryl methyl sites for hydroxylation is 1. The lowest BCUT2D eigenvalue weighted by molar-refractivity contribution is 0.0480. The van der Waals surface area contributed by atoms with E-state index < -0.39 is 0 Å². The summed E-state index contributed by atoms with van der Waals surface area (Å²) in [5.41, 5.74) is 2.00. The maximum absolute atomic E-state index is 5.76. The van der Waals surface area contributed by atoms with E-state index in [0.717, 1.165) is 29.0 Å². The van der Waals surface area contributed by atoms with Gasteiger partial charge in [-0.3, -0.25) is 0 Å². The predicted molar refractivity (Wildman–Crippen MR) is 98.4 cm³/mol. The molecule has 0 aliphatic heterocycles. The molecule has 0 aromatic heterocycles. The average Bonchev–Trinajstić information content (AvgIpc) is 2.69. The molecule has 0 heterocycles. The summed E-state index contributed by atoms with van der Waals surface area (Å²) in [6, 6.07) is 11.6. The summed E-state index contributed by atoms with van der Waals surface area (Å²) in [4.78, 5) is 0. The van der Waals surface area contributed by atoms with E-state index >= 15 is 0 Å². The summed E-state index contributed by atoms with van der Waals surface area (Å²) in [7, 11) is 6.43. The maximum atomic E-state index is 5.76. The first kappa shape index (κ1) is 19.9. The van der Waals surface area contributed by atoms with Gasteiger partial charge in [0.25, 0.3) is 0 Å². The molecule has 2 aromatic carbocycles. The van der Waals surface area contributed by atoms with Gasteiger partial charge in [-0.05, 0) is 36.6 Å². The fraction of sp³-hybridized carbons (Fsp3) is 0.400. The van der Waals surface area contributed by atoms with Crippen molar-refractivity contribution in [3.63, 3.8) is 0 Å². The van der Waals surface area contributed by atoms with Crippen LogP contribution in [0, 0.1) is 0 Å². The molecule has 2 aromatic rings. The van der Waals surface area contributed by atoms with Crippen LogP contribution in [0.3, 0.4) is 0 Å². The molecule has 0 radical (unpaired) electrons. The van der Waals surface area contributed by atoms with Crippen LogP contribution in [-0.4, -0.2) is 42.0 Å². The highest BCUT2D eigenvalue weighted by Gasteiger charge is 2.17. The molecule has 6 heteroatoms. The molecule has 0 atom stereocenters. The van der Waals surface area contributed by atoms with Crippen LogP contribution in [0.5, 0.6) is 23.0 Å². The minimum Gasteiger partial charge on any atom is -0.496 e. The smallest absolute Gasteiger partial charge is 0.188 e. The zero-order valence-electron chi connectivity index (χ0n) is 15.7. The molecule has 0 bridgehead atoms. The Bertz CT molecular complexity index is 686. The third kappa shape index (κ3) is 5.03. The molecule has 0 unspecified atom stereocenters. The molecule has 0 aliphatic carbocycles. The van der Waals surface area contributed by atoms with E-state index in [1.54, 1.807) is 28.4 Å². The Morgan fingerprint density at radius 3 is 2.00 bits per heavy atom. The normalized spacial score (nSPS) is 10.5. The fourth-order valence-corrected chi connectivity index (χ4v) is 2.69. The molecule has 2 rings (SSSR count). The number of rotatable bonds is 11. The molecule has 0 saturated carbocycles. The van der Waals surface area contributed by atoms with Gasteiger partial charge >= 0.3 is 0 Å². The first-order valence-electron chi connectivity index (χ1n) is 8.30. The minimum absolute atomic E-state index is 0.129. The van der Waals surface area contributed by atoms with E-state index in [1.165, 1.54) is 0 Å². The topological polar surface area (TPSA) is 55.4 Å². The highest BCUT2D eigenvalue weighted by molar-refractivity contribution is 5.54. The van der Waals surface area contributed by atoms with Gasteiger partial charge in [0.1, 0.15) is 11.5 Å². The summed E-state index contributed by atoms with van der Waals surface area (Å²) in [6.07, 6.45) is 1.43. The van der Waals surface area contributed by atoms with Crippen LogP contribution in [0.15, 0.2) is 36.4 Å². The Hall–Kier alpha value is -2.44. The Morgan fingerprint density at radius 1 is 0.654 bits per heavy atom. The van der Waals surface area contributed by atoms with E-state index in [2.05, 4.69) is 0 Å². The SMILES string of the molecule is COCOc1ccccc1CCc1c(OC)ccc(OC)c1OCOC. The van der Waals surface area contributed by atoms with Crippen molar-refractivity contribution in [1.82, 2.24) is 0 Å². The molecule has 0 N–H and O–H groups in total. The van der Waals surface area contributed by atoms with Gasteiger partial charge in [-0.15, -0.1) is 0 Å². The second-order valence-electron chi connectivity index (χ2n) is 5.49. The first-order chi connectivity index (χ1) is 12.7. The lowest BCUT2D eigenvalue weighted by atomic mass is 10.0. The van der Waals surface area contributed by atoms with Crippen LogP contribution in [0.2, 0.25) is 0 Å². The van der Waals surface area contributed by atoms with Gasteiger partial charge < -0.3 is 28.4 Å². The van der Waals surface area contributed by atoms with Crippen molar-refractivity contribution >= 4 is 0 Å². The zero-order valence-corrected chi connectivity index (χ0v) is 15.7. The van der Waals surface area contributed by atoms with E-state index in [0.29, 0.717) is 17.9 Å². The first-order valence-corrected chi connectivity index (χ1v) is 8.30. The standard InChI is InChI=1S/C20H26O6/c1-21-13-25-17-8-6-5-7-15(17)9-10-16-18(23-3)11-12-19(24-4)20(16)26-14-22-2/h5-8,11-12H,9-10,13-14H2,1-4H3. The molecule has 0 spiro atoms. The largest absolute Gasteiger partial charge is 0.496 e. The number of ether oxygens (including phenoxy) is 6. The van der Waals surface area contributed by atoms with Gasteiger partial charge in [-0.1, -0.05) is 18.2 Å². The number of hydrogen-bond donors (Lipinski definition) is 0. The van der Waals surface area contributed by atoms with Gasteiger partial charge in [-0.25, -0.2) is 0 Å². The number of hydrogen-bond acceptors (Lipinski definition) is 6. The zero-order chi connectivity index (χ0) is 18.8. The van der Waals surface area contributed by atoms with Crippen LogP contribution in [0.4, 0.5) is 0 Å². The fourth-order valence-electron chi connectivity index (χ4n) is 2.69. The van der Waals surface area contributed by atoms with Crippen LogP contribution >= 0.6 is 0 Å². The quantitative estimate of drug-likeness (QED) is 0.571. The van der Waals surface area contributed by atoms with Crippen molar-refractivity contribution < 1.29 is 28.4 Å². The van der Waals surface area contributed by atoms with Gasteiger partial charge in [0.2, 0.25) is 0 Å². The third-order valence-corrected chi connectivity index (χ3v) is 3.89. The predicted octanol–water partition coefficient (Wildman–Crippen LogP) is 3.45. The number of para-hydroxylation sites is 1. The summed E-state index contributed by atoms with van der Waals surface area (Å²) in [5.74, 6) is 2.81. The summed E-state index contributed by atoms with van der Waals surface area (Å²) in [5, 5.41) is 0. The van der Waals surface area contributed by atoms with Gasteiger partial charge in [0, 0.05) is 19.8 Å². The van der Waals surface area contributed by atoms with Gasteiger partial charge in [0.05, 0.1) is 14.2 Å². The Kier molecular flexibility index (Phi) is 8.05. The molecule has 0 fully saturated rings. The second kappa shape index (κ2) is 10.5. The van der Waals surface area contributed by atoms with Crippen molar-refractivity contribution in [2.75, 3.05) is 42.0 Å². The number of methoxy groups -OCH3 is 4. The van der Waals surface area contributed by atoms with Crippen molar-refractivity contribution in [3.05, 3.63) is 47.5 Å². The van der Waals surface area contributed by atoms with E-state index in [9.17, 15) is 0 Å². The van der Waals surface area contributed by atoms with Gasteiger partial charge in [-0.2, -0.15) is 0 Å². The Morgan fingerprint density at radius 2 is 1.31 bits per heavy atom. The summed E-state index contributed by atoms with van der Waals surface area (Å²) >= 11 is 0. The molecular formula is C20H26O6. The minimum atomic E-state index is 0.129. The second-order valence-corrected chi connectivity index (χ2v) is 5.49. The van der Waals surface area contributed by atoms with Gasteiger partial charge in [0.15, 0.2) is 25.1 Å². The van der Waals surface area contributed by atoms with E-state index in [-0.39, 0.29) is 13.6 Å². The number of benzene rings is 2. The molecule has 142 valence electrons. The molecule has 6 nitrogen and oxygen atoms in total. The van der Waals surface area contributed by atoms with Crippen LogP contribution in [0.1, 0.15) is 11.1 Å². The Balaban J connectivity index is 2.28. The monoisotopic (exact) mass is 362 g/mol. The molecule has 0 saturated heterocycles. The maximum Gasteiger partial charge on any atom is 0.188 e.